The summed E-state index contributed by atoms with van der Waals surface area (Å²) in [6.07, 6.45) is -3.37. The van der Waals surface area contributed by atoms with Crippen molar-refractivity contribution in [1.29, 1.82) is 0 Å². The zero-order valence-electron chi connectivity index (χ0n) is 13.4. The maximum Gasteiger partial charge on any atom is 0.432 e. The average molecular weight is 392 g/mol. The molecule has 0 amide bonds. The summed E-state index contributed by atoms with van der Waals surface area (Å²) in [5, 5.41) is -5.12. The second kappa shape index (κ2) is 7.85. The van der Waals surface area contributed by atoms with Crippen molar-refractivity contribution < 1.29 is 40.2 Å². The van der Waals surface area contributed by atoms with Gasteiger partial charge in [-0.3, -0.25) is 4.79 Å². The SMILES string of the molecule is O=C(CCC1CC2CCCC(C2)C1)OC(C(F)(F)F)C(F)(F)S(=O)O. The van der Waals surface area contributed by atoms with Crippen LogP contribution < -0.4 is 0 Å². The topological polar surface area (TPSA) is 63.6 Å². The molecule has 0 heterocycles. The summed E-state index contributed by atoms with van der Waals surface area (Å²) < 4.78 is 87.3. The number of halogens is 5. The quantitative estimate of drug-likeness (QED) is 0.417. The van der Waals surface area contributed by atoms with E-state index in [9.17, 15) is 31.0 Å². The standard InChI is InChI=1S/C15H21F5O4S/c16-14(17,18)13(15(19,20)25(22)23)24-12(21)5-4-11-7-9-2-1-3-10(6-9)8-11/h9-11,13H,1-8H2,(H,22,23). The van der Waals surface area contributed by atoms with Crippen molar-refractivity contribution in [2.24, 2.45) is 17.8 Å². The summed E-state index contributed by atoms with van der Waals surface area (Å²) in [5.41, 5.74) is 0. The molecule has 10 heteroatoms. The Labute approximate surface area is 144 Å². The Balaban J connectivity index is 1.90. The Morgan fingerprint density at radius 1 is 1.12 bits per heavy atom. The normalized spacial score (nSPS) is 29.8. The van der Waals surface area contributed by atoms with Gasteiger partial charge in [0.15, 0.2) is 0 Å². The van der Waals surface area contributed by atoms with Crippen molar-refractivity contribution in [2.75, 3.05) is 0 Å². The number of fused-ring (bicyclic) bond motifs is 2. The maximum absolute atomic E-state index is 13.3. The van der Waals surface area contributed by atoms with Crippen molar-refractivity contribution in [3.05, 3.63) is 0 Å². The predicted molar refractivity (Wildman–Crippen MR) is 79.1 cm³/mol. The second-order valence-corrected chi connectivity index (χ2v) is 8.04. The third-order valence-electron chi connectivity index (χ3n) is 5.07. The fraction of sp³-hybridized carbons (Fsp3) is 0.933. The van der Waals surface area contributed by atoms with Gasteiger partial charge in [0.05, 0.1) is 0 Å². The van der Waals surface area contributed by atoms with Gasteiger partial charge in [-0.2, -0.15) is 22.0 Å². The molecule has 0 radical (unpaired) electrons. The van der Waals surface area contributed by atoms with Gasteiger partial charge in [-0.15, -0.1) is 0 Å². The van der Waals surface area contributed by atoms with Gasteiger partial charge in [-0.25, -0.2) is 4.21 Å². The van der Waals surface area contributed by atoms with Gasteiger partial charge in [0.25, 0.3) is 6.10 Å². The van der Waals surface area contributed by atoms with Crippen LogP contribution in [0.25, 0.3) is 0 Å². The van der Waals surface area contributed by atoms with Crippen LogP contribution in [-0.4, -0.2) is 32.3 Å². The summed E-state index contributed by atoms with van der Waals surface area (Å²) in [6, 6.07) is 0. The lowest BCUT2D eigenvalue weighted by molar-refractivity contribution is -0.258. The molecule has 0 aliphatic heterocycles. The van der Waals surface area contributed by atoms with E-state index in [1.165, 1.54) is 6.42 Å². The largest absolute Gasteiger partial charge is 0.445 e. The zero-order chi connectivity index (χ0) is 18.8. The van der Waals surface area contributed by atoms with Crippen LogP contribution in [0.1, 0.15) is 51.4 Å². The Bertz CT molecular complexity index is 499. The number of hydrogen-bond donors (Lipinski definition) is 1. The molecule has 2 fully saturated rings. The third kappa shape index (κ3) is 5.35. The van der Waals surface area contributed by atoms with Gasteiger partial charge in [0.2, 0.25) is 11.1 Å². The highest BCUT2D eigenvalue weighted by Gasteiger charge is 2.62. The Kier molecular flexibility index (Phi) is 6.45. The van der Waals surface area contributed by atoms with Crippen molar-refractivity contribution in [1.82, 2.24) is 0 Å². The average Bonchev–Trinajstić information content (AvgIpc) is 2.49. The molecular weight excluding hydrogens is 371 g/mol. The van der Waals surface area contributed by atoms with E-state index in [1.54, 1.807) is 0 Å². The minimum atomic E-state index is -5.64. The molecule has 4 atom stereocenters. The first kappa shape index (κ1) is 20.5. The van der Waals surface area contributed by atoms with E-state index >= 15 is 0 Å². The fourth-order valence-corrected chi connectivity index (χ4v) is 4.40. The molecule has 1 N–H and O–H groups in total. The number of carbonyl (C=O) groups is 1. The highest BCUT2D eigenvalue weighted by molar-refractivity contribution is 7.80. The first-order valence-corrected chi connectivity index (χ1v) is 9.35. The summed E-state index contributed by atoms with van der Waals surface area (Å²) in [6.45, 7) is 0. The molecule has 2 rings (SSSR count). The molecule has 0 aromatic carbocycles. The highest BCUT2D eigenvalue weighted by Crippen LogP contribution is 2.44. The molecule has 2 bridgehead atoms. The van der Waals surface area contributed by atoms with Crippen LogP contribution in [-0.2, 0) is 20.6 Å². The van der Waals surface area contributed by atoms with Crippen LogP contribution in [0.2, 0.25) is 0 Å². The van der Waals surface area contributed by atoms with E-state index in [4.69, 9.17) is 4.55 Å². The van der Waals surface area contributed by atoms with E-state index < -0.39 is 41.0 Å². The van der Waals surface area contributed by atoms with E-state index in [2.05, 4.69) is 4.74 Å². The maximum atomic E-state index is 13.3. The molecule has 25 heavy (non-hydrogen) atoms. The Morgan fingerprint density at radius 2 is 1.68 bits per heavy atom. The minimum absolute atomic E-state index is 0.174. The molecule has 4 unspecified atom stereocenters. The van der Waals surface area contributed by atoms with Crippen molar-refractivity contribution in [3.63, 3.8) is 0 Å². The van der Waals surface area contributed by atoms with E-state index in [1.807, 2.05) is 0 Å². The highest BCUT2D eigenvalue weighted by atomic mass is 32.2. The van der Waals surface area contributed by atoms with Gasteiger partial charge in [-0.05, 0) is 43.4 Å². The summed E-state index contributed by atoms with van der Waals surface area (Å²) in [5.74, 6) is -0.119. The number of rotatable bonds is 6. The van der Waals surface area contributed by atoms with Gasteiger partial charge in [0.1, 0.15) is 0 Å². The first-order valence-electron chi connectivity index (χ1n) is 8.25. The van der Waals surface area contributed by atoms with Crippen LogP contribution in [0.4, 0.5) is 22.0 Å². The number of ether oxygens (including phenoxy) is 1. The fourth-order valence-electron chi connectivity index (χ4n) is 4.04. The summed E-state index contributed by atoms with van der Waals surface area (Å²) >= 11 is -4.11. The zero-order valence-corrected chi connectivity index (χ0v) is 14.3. The second-order valence-electron chi connectivity index (χ2n) is 7.00. The Morgan fingerprint density at radius 3 is 2.16 bits per heavy atom. The lowest BCUT2D eigenvalue weighted by Crippen LogP contribution is -2.50. The lowest BCUT2D eigenvalue weighted by Gasteiger charge is -2.39. The molecule has 2 saturated carbocycles. The number of alkyl halides is 5. The molecule has 0 aromatic heterocycles. The van der Waals surface area contributed by atoms with Crippen molar-refractivity contribution >= 4 is 17.0 Å². The number of carbonyl (C=O) groups excluding carboxylic acids is 1. The molecule has 2 aliphatic carbocycles. The Hall–Kier alpha value is -0.770. The van der Waals surface area contributed by atoms with Crippen LogP contribution in [0.15, 0.2) is 0 Å². The molecule has 4 nitrogen and oxygen atoms in total. The monoisotopic (exact) mass is 392 g/mol. The van der Waals surface area contributed by atoms with Crippen LogP contribution in [0, 0.1) is 17.8 Å². The van der Waals surface area contributed by atoms with Gasteiger partial charge in [-0.1, -0.05) is 19.3 Å². The van der Waals surface area contributed by atoms with Gasteiger partial charge >= 0.3 is 17.4 Å². The number of hydrogen-bond acceptors (Lipinski definition) is 3. The molecular formula is C15H21F5O4S. The predicted octanol–water partition coefficient (Wildman–Crippen LogP) is 4.27. The van der Waals surface area contributed by atoms with Crippen molar-refractivity contribution in [2.45, 2.75) is 68.9 Å². The van der Waals surface area contributed by atoms with Crippen LogP contribution in [0.5, 0.6) is 0 Å². The molecule has 2 aliphatic rings. The summed E-state index contributed by atoms with van der Waals surface area (Å²) in [7, 11) is 0. The molecule has 0 spiro atoms. The van der Waals surface area contributed by atoms with E-state index in [0.717, 1.165) is 32.1 Å². The minimum Gasteiger partial charge on any atom is -0.445 e. The smallest absolute Gasteiger partial charge is 0.432 e. The number of esters is 1. The molecule has 146 valence electrons. The van der Waals surface area contributed by atoms with Crippen molar-refractivity contribution in [3.8, 4) is 0 Å². The molecule has 0 aromatic rings. The van der Waals surface area contributed by atoms with Crippen LogP contribution in [0.3, 0.4) is 0 Å². The van der Waals surface area contributed by atoms with E-state index in [-0.39, 0.29) is 12.3 Å². The van der Waals surface area contributed by atoms with Crippen LogP contribution >= 0.6 is 0 Å². The first-order chi connectivity index (χ1) is 11.5. The van der Waals surface area contributed by atoms with E-state index in [0.29, 0.717) is 11.8 Å². The van der Waals surface area contributed by atoms with Gasteiger partial charge < -0.3 is 9.29 Å². The van der Waals surface area contributed by atoms with Gasteiger partial charge in [0, 0.05) is 6.42 Å². The molecule has 0 saturated heterocycles. The summed E-state index contributed by atoms with van der Waals surface area (Å²) in [4.78, 5) is 11.6. The lowest BCUT2D eigenvalue weighted by atomic mass is 9.67. The third-order valence-corrected chi connectivity index (χ3v) is 5.75.